The Hall–Kier alpha value is -1.55. The molecular formula is C13H16N2O2. The van der Waals surface area contributed by atoms with E-state index >= 15 is 0 Å². The van der Waals surface area contributed by atoms with E-state index in [2.05, 4.69) is 10.6 Å². The zero-order chi connectivity index (χ0) is 11.7. The average Bonchev–Trinajstić information content (AvgIpc) is 2.98. The van der Waals surface area contributed by atoms with Gasteiger partial charge in [-0.25, -0.2) is 4.79 Å². The minimum absolute atomic E-state index is 0.276. The van der Waals surface area contributed by atoms with Crippen molar-refractivity contribution in [3.05, 3.63) is 35.9 Å². The third kappa shape index (κ3) is 2.13. The molecule has 0 radical (unpaired) electrons. The second-order valence-corrected chi connectivity index (χ2v) is 4.74. The Morgan fingerprint density at radius 3 is 2.88 bits per heavy atom. The van der Waals surface area contributed by atoms with Crippen molar-refractivity contribution in [2.45, 2.75) is 25.1 Å². The molecule has 1 aliphatic carbocycles. The lowest BCUT2D eigenvalue weighted by molar-refractivity contribution is 0.123. The molecule has 1 saturated carbocycles. The molecule has 0 aromatic heterocycles. The van der Waals surface area contributed by atoms with Gasteiger partial charge < -0.3 is 15.4 Å². The van der Waals surface area contributed by atoms with E-state index in [0.717, 1.165) is 12.1 Å². The highest BCUT2D eigenvalue weighted by atomic mass is 16.5. The summed E-state index contributed by atoms with van der Waals surface area (Å²) in [4.78, 5) is 11.6. The zero-order valence-electron chi connectivity index (χ0n) is 9.56. The molecule has 17 heavy (non-hydrogen) atoms. The Morgan fingerprint density at radius 2 is 2.24 bits per heavy atom. The highest BCUT2D eigenvalue weighted by Gasteiger charge is 2.47. The summed E-state index contributed by atoms with van der Waals surface area (Å²) in [6, 6.07) is 10.5. The van der Waals surface area contributed by atoms with Crippen LogP contribution in [-0.4, -0.2) is 24.7 Å². The van der Waals surface area contributed by atoms with E-state index < -0.39 is 0 Å². The first-order chi connectivity index (χ1) is 8.33. The number of fused-ring (bicyclic) bond motifs is 1. The van der Waals surface area contributed by atoms with Gasteiger partial charge in [-0.3, -0.25) is 0 Å². The first-order valence-corrected chi connectivity index (χ1v) is 6.03. The van der Waals surface area contributed by atoms with Crippen LogP contribution in [0.15, 0.2) is 30.3 Å². The summed E-state index contributed by atoms with van der Waals surface area (Å²) in [5.74, 6) is 0.601. The number of nitrogens with one attached hydrogen (secondary N) is 2. The van der Waals surface area contributed by atoms with Crippen LogP contribution < -0.4 is 10.6 Å². The lowest BCUT2D eigenvalue weighted by Gasteiger charge is -2.34. The molecule has 2 bridgehead atoms. The predicted octanol–water partition coefficient (Wildman–Crippen LogP) is 1.27. The van der Waals surface area contributed by atoms with Crippen molar-refractivity contribution in [3.8, 4) is 0 Å². The fourth-order valence-electron chi connectivity index (χ4n) is 2.59. The largest absolute Gasteiger partial charge is 0.445 e. The Balaban J connectivity index is 1.45. The molecule has 4 heteroatoms. The molecule has 2 saturated heterocycles. The van der Waals surface area contributed by atoms with E-state index in [1.165, 1.54) is 6.42 Å². The Kier molecular flexibility index (Phi) is 2.73. The fourth-order valence-corrected chi connectivity index (χ4v) is 2.59. The monoisotopic (exact) mass is 232 g/mol. The number of hydrogen-bond acceptors (Lipinski definition) is 3. The smallest absolute Gasteiger partial charge is 0.407 e. The number of amides is 1. The number of alkyl carbamates (subject to hydrolysis) is 1. The molecule has 3 fully saturated rings. The van der Waals surface area contributed by atoms with E-state index in [9.17, 15) is 4.79 Å². The summed E-state index contributed by atoms with van der Waals surface area (Å²) in [5, 5.41) is 6.28. The molecule has 4 rings (SSSR count). The molecule has 1 aromatic rings. The first-order valence-electron chi connectivity index (χ1n) is 6.03. The lowest BCUT2D eigenvalue weighted by Crippen LogP contribution is -2.54. The normalized spacial score (nSPS) is 29.5. The molecule has 1 aromatic carbocycles. The second kappa shape index (κ2) is 4.37. The molecule has 3 atom stereocenters. The molecule has 3 aliphatic rings. The van der Waals surface area contributed by atoms with Crippen molar-refractivity contribution >= 4 is 6.09 Å². The van der Waals surface area contributed by atoms with E-state index in [1.54, 1.807) is 0 Å². The van der Waals surface area contributed by atoms with Crippen molar-refractivity contribution in [3.63, 3.8) is 0 Å². The highest BCUT2D eigenvalue weighted by molar-refractivity contribution is 5.68. The van der Waals surface area contributed by atoms with Crippen LogP contribution in [-0.2, 0) is 11.3 Å². The molecule has 0 spiro atoms. The number of carbonyl (C=O) groups excluding carboxylic acids is 1. The van der Waals surface area contributed by atoms with Gasteiger partial charge in [-0.05, 0) is 17.9 Å². The molecule has 4 nitrogen and oxygen atoms in total. The van der Waals surface area contributed by atoms with Crippen LogP contribution in [0.1, 0.15) is 12.0 Å². The van der Waals surface area contributed by atoms with Crippen LogP contribution in [0, 0.1) is 5.92 Å². The average molecular weight is 232 g/mol. The van der Waals surface area contributed by atoms with Crippen molar-refractivity contribution in [1.82, 2.24) is 10.6 Å². The maximum atomic E-state index is 11.6. The molecule has 2 aliphatic heterocycles. The third-order valence-corrected chi connectivity index (χ3v) is 3.64. The quantitative estimate of drug-likeness (QED) is 0.825. The zero-order valence-corrected chi connectivity index (χ0v) is 9.56. The van der Waals surface area contributed by atoms with Crippen LogP contribution in [0.3, 0.4) is 0 Å². The van der Waals surface area contributed by atoms with Crippen LogP contribution in [0.25, 0.3) is 0 Å². The fraction of sp³-hybridized carbons (Fsp3) is 0.462. The van der Waals surface area contributed by atoms with E-state index in [0.29, 0.717) is 18.6 Å². The van der Waals surface area contributed by atoms with Crippen molar-refractivity contribution < 1.29 is 9.53 Å². The number of carbonyl (C=O) groups is 1. The first kappa shape index (κ1) is 10.6. The third-order valence-electron chi connectivity index (χ3n) is 3.64. The Bertz CT molecular complexity index is 393. The van der Waals surface area contributed by atoms with Crippen molar-refractivity contribution in [1.29, 1.82) is 0 Å². The maximum absolute atomic E-state index is 11.6. The summed E-state index contributed by atoms with van der Waals surface area (Å²) in [5.41, 5.74) is 1.01. The molecule has 0 unspecified atom stereocenters. The predicted molar refractivity (Wildman–Crippen MR) is 63.4 cm³/mol. The second-order valence-electron chi connectivity index (χ2n) is 4.74. The van der Waals surface area contributed by atoms with Gasteiger partial charge in [0.2, 0.25) is 0 Å². The van der Waals surface area contributed by atoms with Gasteiger partial charge in [0, 0.05) is 12.6 Å². The highest BCUT2D eigenvalue weighted by Crippen LogP contribution is 2.33. The van der Waals surface area contributed by atoms with E-state index in [-0.39, 0.29) is 12.1 Å². The number of rotatable bonds is 3. The van der Waals surface area contributed by atoms with Gasteiger partial charge in [-0.2, -0.15) is 0 Å². The summed E-state index contributed by atoms with van der Waals surface area (Å²) in [7, 11) is 0. The van der Waals surface area contributed by atoms with Gasteiger partial charge in [0.25, 0.3) is 0 Å². The van der Waals surface area contributed by atoms with Gasteiger partial charge >= 0.3 is 6.09 Å². The molecular weight excluding hydrogens is 216 g/mol. The minimum Gasteiger partial charge on any atom is -0.445 e. The van der Waals surface area contributed by atoms with Gasteiger partial charge in [0.15, 0.2) is 0 Å². The van der Waals surface area contributed by atoms with Crippen molar-refractivity contribution in [2.75, 3.05) is 6.54 Å². The lowest BCUT2D eigenvalue weighted by atomic mass is 9.80. The van der Waals surface area contributed by atoms with Gasteiger partial charge in [-0.15, -0.1) is 0 Å². The summed E-state index contributed by atoms with van der Waals surface area (Å²) >= 11 is 0. The molecule has 2 N–H and O–H groups in total. The topological polar surface area (TPSA) is 50.4 Å². The Labute approximate surface area is 100 Å². The number of benzene rings is 1. The molecule has 1 amide bonds. The van der Waals surface area contributed by atoms with Crippen LogP contribution in [0.2, 0.25) is 0 Å². The summed E-state index contributed by atoms with van der Waals surface area (Å²) in [6.07, 6.45) is 0.876. The van der Waals surface area contributed by atoms with Crippen LogP contribution in [0.5, 0.6) is 0 Å². The summed E-state index contributed by atoms with van der Waals surface area (Å²) in [6.45, 7) is 1.36. The standard InChI is InChI=1S/C13H16N2O2/c16-13(15-12-10-6-11(12)14-7-10)17-8-9-4-2-1-3-5-9/h1-5,10-12,14H,6-8H2,(H,15,16)/t10-,11-,12+/m0/s1. The molecule has 90 valence electrons. The number of ether oxygens (including phenoxy) is 1. The van der Waals surface area contributed by atoms with Crippen LogP contribution in [0.4, 0.5) is 4.79 Å². The van der Waals surface area contributed by atoms with E-state index in [4.69, 9.17) is 4.74 Å². The summed E-state index contributed by atoms with van der Waals surface area (Å²) < 4.78 is 5.18. The number of hydrogen-bond donors (Lipinski definition) is 2. The van der Waals surface area contributed by atoms with Gasteiger partial charge in [-0.1, -0.05) is 30.3 Å². The Morgan fingerprint density at radius 1 is 1.41 bits per heavy atom. The van der Waals surface area contributed by atoms with Gasteiger partial charge in [0.1, 0.15) is 6.61 Å². The van der Waals surface area contributed by atoms with Gasteiger partial charge in [0.05, 0.1) is 6.04 Å². The minimum atomic E-state index is -0.308. The van der Waals surface area contributed by atoms with Crippen LogP contribution >= 0.6 is 0 Å². The van der Waals surface area contributed by atoms with Crippen molar-refractivity contribution in [2.24, 2.45) is 5.92 Å². The molecule has 2 heterocycles. The van der Waals surface area contributed by atoms with E-state index in [1.807, 2.05) is 30.3 Å². The SMILES string of the molecule is O=C(N[C@@H]1[C@@H]2CN[C@H]1C2)OCc1ccccc1. The maximum Gasteiger partial charge on any atom is 0.407 e.